The number of carboxylic acids is 2. The molecule has 0 fully saturated rings. The van der Waals surface area contributed by atoms with Gasteiger partial charge in [0.2, 0.25) is 0 Å². The Bertz CT molecular complexity index is 982. The fraction of sp³-hybridized carbons (Fsp3) is 0.227. The number of nitrogens with zero attached hydrogens (tertiary/aromatic N) is 2. The summed E-state index contributed by atoms with van der Waals surface area (Å²) in [4.78, 5) is 23.3. The normalized spacial score (nSPS) is 11.3. The maximum absolute atomic E-state index is 9.10. The van der Waals surface area contributed by atoms with Gasteiger partial charge in [0.15, 0.2) is 0 Å². The van der Waals surface area contributed by atoms with E-state index in [1.807, 2.05) is 42.9 Å². The van der Waals surface area contributed by atoms with Gasteiger partial charge in [-0.2, -0.15) is 0 Å². The standard InChI is InChI=1S/C20H19Cl3N2S.C2H2O4/c21-16-7-4-15(5-8-16)6-9-17(10-12-25-13-11-24-14-25)26-20-18(22)2-1-3-19(20)23;3-1(4)2(5)6/h1-5,7-8,11,13-14,17H,6,9-10,12H2;(H,3,4)(H,5,6). The molecular formula is C22H21Cl3N2O4S. The van der Waals surface area contributed by atoms with Crippen LogP contribution in [0.3, 0.4) is 0 Å². The third-order valence-electron chi connectivity index (χ3n) is 4.32. The second kappa shape index (κ2) is 13.4. The van der Waals surface area contributed by atoms with E-state index in [0.717, 1.165) is 35.7 Å². The largest absolute Gasteiger partial charge is 0.473 e. The highest BCUT2D eigenvalue weighted by atomic mass is 35.5. The van der Waals surface area contributed by atoms with Crippen LogP contribution in [-0.2, 0) is 22.6 Å². The number of halogens is 3. The van der Waals surface area contributed by atoms with Crippen LogP contribution >= 0.6 is 46.6 Å². The molecule has 1 atom stereocenters. The number of hydrogen-bond acceptors (Lipinski definition) is 4. The van der Waals surface area contributed by atoms with Crippen molar-refractivity contribution >= 4 is 58.5 Å². The summed E-state index contributed by atoms with van der Waals surface area (Å²) in [6.07, 6.45) is 8.67. The molecule has 1 aromatic heterocycles. The van der Waals surface area contributed by atoms with Crippen molar-refractivity contribution in [3.8, 4) is 0 Å². The number of aliphatic carboxylic acids is 2. The lowest BCUT2D eigenvalue weighted by Gasteiger charge is -2.18. The zero-order chi connectivity index (χ0) is 23.5. The molecule has 0 aliphatic carbocycles. The van der Waals surface area contributed by atoms with Gasteiger partial charge in [0.05, 0.1) is 16.4 Å². The Labute approximate surface area is 205 Å². The van der Waals surface area contributed by atoms with Crippen LogP contribution in [0.4, 0.5) is 0 Å². The molecule has 0 saturated heterocycles. The first-order chi connectivity index (χ1) is 15.3. The average Bonchev–Trinajstić information content (AvgIpc) is 3.27. The molecule has 1 unspecified atom stereocenters. The summed E-state index contributed by atoms with van der Waals surface area (Å²) in [6, 6.07) is 13.7. The van der Waals surface area contributed by atoms with Crippen LogP contribution < -0.4 is 0 Å². The number of hydrogen-bond donors (Lipinski definition) is 2. The molecule has 32 heavy (non-hydrogen) atoms. The smallest absolute Gasteiger partial charge is 0.414 e. The van der Waals surface area contributed by atoms with E-state index >= 15 is 0 Å². The predicted octanol–water partition coefficient (Wildman–Crippen LogP) is 6.18. The first kappa shape index (κ1) is 26.1. The van der Waals surface area contributed by atoms with E-state index in [9.17, 15) is 0 Å². The van der Waals surface area contributed by atoms with E-state index in [4.69, 9.17) is 54.6 Å². The van der Waals surface area contributed by atoms with Gasteiger partial charge in [-0.05, 0) is 49.1 Å². The highest BCUT2D eigenvalue weighted by Gasteiger charge is 2.16. The van der Waals surface area contributed by atoms with E-state index in [2.05, 4.69) is 21.7 Å². The van der Waals surface area contributed by atoms with Gasteiger partial charge in [-0.1, -0.05) is 53.0 Å². The van der Waals surface area contributed by atoms with Crippen LogP contribution in [0, 0.1) is 0 Å². The zero-order valence-electron chi connectivity index (χ0n) is 16.8. The van der Waals surface area contributed by atoms with Gasteiger partial charge in [0.25, 0.3) is 0 Å². The Balaban J connectivity index is 0.000000534. The SMILES string of the molecule is Clc1ccc(CCC(CCn2ccnc2)Sc2c(Cl)cccc2Cl)cc1.O=C(O)C(=O)O. The van der Waals surface area contributed by atoms with Crippen molar-refractivity contribution in [3.63, 3.8) is 0 Å². The molecule has 0 aliphatic rings. The van der Waals surface area contributed by atoms with Gasteiger partial charge in [0.1, 0.15) is 0 Å². The highest BCUT2D eigenvalue weighted by molar-refractivity contribution is 8.00. The third-order valence-corrected chi connectivity index (χ3v) is 6.91. The number of aryl methyl sites for hydroxylation is 2. The summed E-state index contributed by atoms with van der Waals surface area (Å²) in [7, 11) is 0. The molecule has 2 aromatic carbocycles. The number of rotatable bonds is 8. The minimum absolute atomic E-state index is 0.394. The topological polar surface area (TPSA) is 92.4 Å². The van der Waals surface area contributed by atoms with Gasteiger partial charge in [0, 0.05) is 34.1 Å². The van der Waals surface area contributed by atoms with Crippen LogP contribution in [0.25, 0.3) is 0 Å². The summed E-state index contributed by atoms with van der Waals surface area (Å²) in [5.41, 5.74) is 1.29. The summed E-state index contributed by atoms with van der Waals surface area (Å²) < 4.78 is 2.10. The zero-order valence-corrected chi connectivity index (χ0v) is 19.9. The van der Waals surface area contributed by atoms with Crippen molar-refractivity contribution < 1.29 is 19.8 Å². The van der Waals surface area contributed by atoms with Crippen LogP contribution in [-0.4, -0.2) is 37.0 Å². The molecule has 0 aliphatic heterocycles. The predicted molar refractivity (Wildman–Crippen MR) is 128 cm³/mol. The Hall–Kier alpha value is -2.19. The average molecular weight is 516 g/mol. The fourth-order valence-corrected chi connectivity index (χ4v) is 4.66. The molecule has 0 bridgehead atoms. The monoisotopic (exact) mass is 514 g/mol. The molecule has 0 spiro atoms. The minimum Gasteiger partial charge on any atom is -0.473 e. The molecule has 0 saturated carbocycles. The van der Waals surface area contributed by atoms with E-state index < -0.39 is 11.9 Å². The first-order valence-electron chi connectivity index (χ1n) is 9.53. The Morgan fingerprint density at radius 2 is 1.59 bits per heavy atom. The number of carboxylic acid groups (broad SMARTS) is 2. The number of benzene rings is 2. The van der Waals surface area contributed by atoms with Crippen molar-refractivity contribution in [3.05, 3.63) is 81.8 Å². The molecule has 2 N–H and O–H groups in total. The Kier molecular flexibility index (Phi) is 10.9. The van der Waals surface area contributed by atoms with Gasteiger partial charge in [-0.25, -0.2) is 14.6 Å². The molecule has 6 nitrogen and oxygen atoms in total. The van der Waals surface area contributed by atoms with Gasteiger partial charge >= 0.3 is 11.9 Å². The summed E-state index contributed by atoms with van der Waals surface area (Å²) >= 11 is 20.5. The van der Waals surface area contributed by atoms with Crippen LogP contribution in [0.5, 0.6) is 0 Å². The number of thioether (sulfide) groups is 1. The van der Waals surface area contributed by atoms with Gasteiger partial charge in [-0.3, -0.25) is 0 Å². The lowest BCUT2D eigenvalue weighted by molar-refractivity contribution is -0.159. The van der Waals surface area contributed by atoms with Crippen LogP contribution in [0.2, 0.25) is 15.1 Å². The maximum Gasteiger partial charge on any atom is 0.414 e. The second-order valence-corrected chi connectivity index (χ2v) is 9.22. The van der Waals surface area contributed by atoms with Gasteiger partial charge in [-0.15, -0.1) is 11.8 Å². The third kappa shape index (κ3) is 9.12. The lowest BCUT2D eigenvalue weighted by atomic mass is 10.1. The molecular weight excluding hydrogens is 495 g/mol. The van der Waals surface area contributed by atoms with Gasteiger partial charge < -0.3 is 14.8 Å². The Morgan fingerprint density at radius 3 is 2.12 bits per heavy atom. The van der Waals surface area contributed by atoms with E-state index in [-0.39, 0.29) is 0 Å². The van der Waals surface area contributed by atoms with Crippen LogP contribution in [0.15, 0.2) is 66.1 Å². The number of aromatic nitrogens is 2. The molecule has 0 amide bonds. The van der Waals surface area contributed by atoms with Crippen molar-refractivity contribution in [2.75, 3.05) is 0 Å². The fourth-order valence-electron chi connectivity index (χ4n) is 2.71. The molecule has 3 rings (SSSR count). The van der Waals surface area contributed by atoms with E-state index in [1.165, 1.54) is 5.56 Å². The number of imidazole rings is 1. The molecule has 3 aromatic rings. The van der Waals surface area contributed by atoms with Crippen molar-refractivity contribution in [2.24, 2.45) is 0 Å². The van der Waals surface area contributed by atoms with Crippen molar-refractivity contribution in [2.45, 2.75) is 36.0 Å². The number of carbonyl (C=O) groups is 2. The molecule has 170 valence electrons. The quantitative estimate of drug-likeness (QED) is 0.275. The highest BCUT2D eigenvalue weighted by Crippen LogP contribution is 2.38. The second-order valence-electron chi connectivity index (χ2n) is 6.66. The van der Waals surface area contributed by atoms with Crippen molar-refractivity contribution in [1.82, 2.24) is 9.55 Å². The lowest BCUT2D eigenvalue weighted by Crippen LogP contribution is -2.09. The molecule has 1 heterocycles. The summed E-state index contributed by atoms with van der Waals surface area (Å²) in [5.74, 6) is -3.65. The minimum atomic E-state index is -1.82. The summed E-state index contributed by atoms with van der Waals surface area (Å²) in [5, 5.41) is 17.4. The van der Waals surface area contributed by atoms with E-state index in [1.54, 1.807) is 18.0 Å². The Morgan fingerprint density at radius 1 is 0.969 bits per heavy atom. The van der Waals surface area contributed by atoms with E-state index in [0.29, 0.717) is 15.3 Å². The van der Waals surface area contributed by atoms with Crippen molar-refractivity contribution in [1.29, 1.82) is 0 Å². The van der Waals surface area contributed by atoms with Crippen LogP contribution in [0.1, 0.15) is 18.4 Å². The summed E-state index contributed by atoms with van der Waals surface area (Å²) in [6.45, 7) is 0.917. The molecule has 0 radical (unpaired) electrons. The molecule has 10 heteroatoms. The first-order valence-corrected chi connectivity index (χ1v) is 11.5. The maximum atomic E-state index is 9.10.